The van der Waals surface area contributed by atoms with Crippen LogP contribution >= 0.6 is 0 Å². The van der Waals surface area contributed by atoms with Crippen molar-refractivity contribution in [2.45, 2.75) is 50.7 Å². The van der Waals surface area contributed by atoms with Crippen molar-refractivity contribution in [2.24, 2.45) is 0 Å². The number of aliphatic hydroxyl groups is 1. The lowest BCUT2D eigenvalue weighted by Gasteiger charge is -2.38. The average Bonchev–Trinajstić information content (AvgIpc) is 2.73. The van der Waals surface area contributed by atoms with Gasteiger partial charge in [0.15, 0.2) is 9.84 Å². The Morgan fingerprint density at radius 2 is 2.21 bits per heavy atom. The zero-order valence-corrected chi connectivity index (χ0v) is 12.7. The van der Waals surface area contributed by atoms with E-state index in [1.165, 1.54) is 0 Å². The van der Waals surface area contributed by atoms with Gasteiger partial charge in [-0.2, -0.15) is 0 Å². The smallest absolute Gasteiger partial charge is 0.153 e. The Labute approximate surface area is 116 Å². The largest absolute Gasteiger partial charge is 0.394 e. The molecule has 0 bridgehead atoms. The van der Waals surface area contributed by atoms with Crippen molar-refractivity contribution in [2.75, 3.05) is 31.2 Å². The highest BCUT2D eigenvalue weighted by Crippen LogP contribution is 2.34. The predicted molar refractivity (Wildman–Crippen MR) is 76.0 cm³/mol. The molecule has 112 valence electrons. The van der Waals surface area contributed by atoms with Gasteiger partial charge in [0.25, 0.3) is 0 Å². The van der Waals surface area contributed by atoms with Crippen molar-refractivity contribution >= 4 is 9.84 Å². The molecular weight excluding hydrogens is 264 g/mol. The van der Waals surface area contributed by atoms with E-state index in [-0.39, 0.29) is 29.7 Å². The first-order valence-electron chi connectivity index (χ1n) is 7.23. The Hall–Kier alpha value is -0.170. The number of rotatable bonds is 4. The van der Waals surface area contributed by atoms with Crippen LogP contribution in [0.25, 0.3) is 0 Å². The zero-order valence-electron chi connectivity index (χ0n) is 11.9. The lowest BCUT2D eigenvalue weighted by Crippen LogP contribution is -2.53. The van der Waals surface area contributed by atoms with Crippen LogP contribution in [0.5, 0.6) is 0 Å². The molecule has 1 aliphatic heterocycles. The summed E-state index contributed by atoms with van der Waals surface area (Å²) in [6.45, 7) is 5.72. The molecule has 0 aromatic carbocycles. The summed E-state index contributed by atoms with van der Waals surface area (Å²) >= 11 is 0. The highest BCUT2D eigenvalue weighted by Gasteiger charge is 2.43. The minimum atomic E-state index is -2.85. The number of nitrogens with one attached hydrogen (secondary N) is 1. The van der Waals surface area contributed by atoms with Crippen molar-refractivity contribution in [3.05, 3.63) is 0 Å². The quantitative estimate of drug-likeness (QED) is 0.763. The number of hydrogen-bond donors (Lipinski definition) is 2. The molecule has 2 rings (SSSR count). The fourth-order valence-electron chi connectivity index (χ4n) is 3.67. The molecule has 0 aromatic rings. The third-order valence-electron chi connectivity index (χ3n) is 4.63. The fourth-order valence-corrected chi connectivity index (χ4v) is 5.25. The van der Waals surface area contributed by atoms with E-state index in [2.05, 4.69) is 17.1 Å². The summed E-state index contributed by atoms with van der Waals surface area (Å²) in [5, 5.41) is 13.0. The summed E-state index contributed by atoms with van der Waals surface area (Å²) in [6, 6.07) is 0.497. The standard InChI is InChI=1S/C13H26N2O3S/c1-3-14-13(10-16)5-4-12(8-13)15-6-7-19(17,18)9-11(15)2/h11-12,14,16H,3-10H2,1-2H3. The van der Waals surface area contributed by atoms with E-state index in [1.807, 2.05) is 6.92 Å². The summed E-state index contributed by atoms with van der Waals surface area (Å²) < 4.78 is 23.3. The molecule has 3 atom stereocenters. The zero-order chi connectivity index (χ0) is 14.1. The van der Waals surface area contributed by atoms with E-state index in [4.69, 9.17) is 0 Å². The van der Waals surface area contributed by atoms with Crippen molar-refractivity contribution in [3.63, 3.8) is 0 Å². The second-order valence-corrected chi connectivity index (χ2v) is 8.30. The van der Waals surface area contributed by atoms with Gasteiger partial charge in [0.1, 0.15) is 0 Å². The highest BCUT2D eigenvalue weighted by molar-refractivity contribution is 7.91. The molecular formula is C13H26N2O3S. The van der Waals surface area contributed by atoms with E-state index >= 15 is 0 Å². The Morgan fingerprint density at radius 3 is 2.79 bits per heavy atom. The molecule has 2 aliphatic rings. The van der Waals surface area contributed by atoms with E-state index < -0.39 is 9.84 Å². The Kier molecular flexibility index (Phi) is 4.55. The molecule has 6 heteroatoms. The molecule has 1 saturated carbocycles. The number of sulfone groups is 1. The van der Waals surface area contributed by atoms with E-state index in [1.54, 1.807) is 0 Å². The fraction of sp³-hybridized carbons (Fsp3) is 1.00. The van der Waals surface area contributed by atoms with Crippen LogP contribution in [0, 0.1) is 0 Å². The van der Waals surface area contributed by atoms with Crippen LogP contribution in [0.4, 0.5) is 0 Å². The molecule has 1 heterocycles. The van der Waals surface area contributed by atoms with Gasteiger partial charge >= 0.3 is 0 Å². The average molecular weight is 290 g/mol. The summed E-state index contributed by atoms with van der Waals surface area (Å²) in [4.78, 5) is 2.33. The number of likely N-dealkylation sites (N-methyl/N-ethyl adjacent to an activating group) is 1. The van der Waals surface area contributed by atoms with Gasteiger partial charge < -0.3 is 10.4 Å². The van der Waals surface area contributed by atoms with Gasteiger partial charge in [-0.1, -0.05) is 6.92 Å². The Morgan fingerprint density at radius 1 is 1.47 bits per heavy atom. The van der Waals surface area contributed by atoms with E-state index in [0.29, 0.717) is 12.6 Å². The molecule has 0 aromatic heterocycles. The minimum absolute atomic E-state index is 0.0971. The van der Waals surface area contributed by atoms with Crippen LogP contribution in [0.3, 0.4) is 0 Å². The first kappa shape index (κ1) is 15.2. The van der Waals surface area contributed by atoms with Crippen LogP contribution in [0.15, 0.2) is 0 Å². The van der Waals surface area contributed by atoms with Gasteiger partial charge in [-0.3, -0.25) is 4.90 Å². The van der Waals surface area contributed by atoms with Crippen molar-refractivity contribution in [1.82, 2.24) is 10.2 Å². The SMILES string of the molecule is CCNC1(CO)CCC(N2CCS(=O)(=O)CC2C)C1. The topological polar surface area (TPSA) is 69.6 Å². The maximum Gasteiger partial charge on any atom is 0.153 e. The number of hydrogen-bond acceptors (Lipinski definition) is 5. The van der Waals surface area contributed by atoms with Crippen molar-refractivity contribution < 1.29 is 13.5 Å². The number of nitrogens with zero attached hydrogens (tertiary/aromatic N) is 1. The van der Waals surface area contributed by atoms with Crippen LogP contribution in [0.2, 0.25) is 0 Å². The highest BCUT2D eigenvalue weighted by atomic mass is 32.2. The monoisotopic (exact) mass is 290 g/mol. The van der Waals surface area contributed by atoms with Gasteiger partial charge in [0.2, 0.25) is 0 Å². The first-order chi connectivity index (χ1) is 8.91. The van der Waals surface area contributed by atoms with Crippen LogP contribution in [-0.4, -0.2) is 67.2 Å². The van der Waals surface area contributed by atoms with Gasteiger partial charge in [0, 0.05) is 24.2 Å². The van der Waals surface area contributed by atoms with Gasteiger partial charge in [-0.25, -0.2) is 8.42 Å². The van der Waals surface area contributed by atoms with Crippen LogP contribution in [-0.2, 0) is 9.84 Å². The summed E-state index contributed by atoms with van der Waals surface area (Å²) in [5.41, 5.74) is -0.157. The lowest BCUT2D eigenvalue weighted by atomic mass is 9.98. The van der Waals surface area contributed by atoms with Crippen LogP contribution in [0.1, 0.15) is 33.1 Å². The Bertz CT molecular complexity index is 412. The van der Waals surface area contributed by atoms with Gasteiger partial charge in [0.05, 0.1) is 18.1 Å². The van der Waals surface area contributed by atoms with Gasteiger partial charge in [-0.05, 0) is 32.7 Å². The molecule has 0 amide bonds. The molecule has 1 aliphatic carbocycles. The minimum Gasteiger partial charge on any atom is -0.394 e. The lowest BCUT2D eigenvalue weighted by molar-refractivity contribution is 0.128. The second kappa shape index (κ2) is 5.68. The molecule has 1 saturated heterocycles. The molecule has 0 radical (unpaired) electrons. The van der Waals surface area contributed by atoms with Crippen molar-refractivity contribution in [3.8, 4) is 0 Å². The molecule has 19 heavy (non-hydrogen) atoms. The van der Waals surface area contributed by atoms with Gasteiger partial charge in [-0.15, -0.1) is 0 Å². The predicted octanol–water partition coefficient (Wildman–Crippen LogP) is -0.00160. The normalized spacial score (nSPS) is 39.5. The van der Waals surface area contributed by atoms with E-state index in [0.717, 1.165) is 25.8 Å². The molecule has 3 unspecified atom stereocenters. The molecule has 2 N–H and O–H groups in total. The third kappa shape index (κ3) is 3.29. The maximum atomic E-state index is 11.6. The molecule has 0 spiro atoms. The third-order valence-corrected chi connectivity index (χ3v) is 6.42. The summed E-state index contributed by atoms with van der Waals surface area (Å²) in [5.74, 6) is 0.554. The summed E-state index contributed by atoms with van der Waals surface area (Å²) in [6.07, 6.45) is 2.93. The summed E-state index contributed by atoms with van der Waals surface area (Å²) in [7, 11) is -2.85. The number of aliphatic hydroxyl groups excluding tert-OH is 1. The van der Waals surface area contributed by atoms with E-state index in [9.17, 15) is 13.5 Å². The van der Waals surface area contributed by atoms with Crippen molar-refractivity contribution in [1.29, 1.82) is 0 Å². The van der Waals surface area contributed by atoms with Crippen LogP contribution < -0.4 is 5.32 Å². The maximum absolute atomic E-state index is 11.6. The first-order valence-corrected chi connectivity index (χ1v) is 9.05. The Balaban J connectivity index is 2.01. The second-order valence-electron chi connectivity index (χ2n) is 6.07. The molecule has 5 nitrogen and oxygen atoms in total. The molecule has 2 fully saturated rings.